The van der Waals surface area contributed by atoms with Gasteiger partial charge in [-0.2, -0.15) is 5.10 Å². The Morgan fingerprint density at radius 1 is 1.56 bits per heavy atom. The summed E-state index contributed by atoms with van der Waals surface area (Å²) < 4.78 is 0. The predicted molar refractivity (Wildman–Crippen MR) is 57.4 cm³/mol. The van der Waals surface area contributed by atoms with Gasteiger partial charge < -0.3 is 5.11 Å². The van der Waals surface area contributed by atoms with Gasteiger partial charge in [0.05, 0.1) is 5.69 Å². The third-order valence-electron chi connectivity index (χ3n) is 2.73. The van der Waals surface area contributed by atoms with Crippen LogP contribution in [0.1, 0.15) is 11.3 Å². The number of H-pyrrole nitrogens is 1. The lowest BCUT2D eigenvalue weighted by Crippen LogP contribution is -2.21. The minimum absolute atomic E-state index is 0.714. The highest BCUT2D eigenvalue weighted by Gasteiger charge is 2.20. The molecular formula is C11H9N3O2. The van der Waals surface area contributed by atoms with E-state index in [0.29, 0.717) is 6.42 Å². The first-order valence-electron chi connectivity index (χ1n) is 4.89. The summed E-state index contributed by atoms with van der Waals surface area (Å²) in [7, 11) is 0. The molecular weight excluding hydrogens is 206 g/mol. The molecule has 1 aliphatic heterocycles. The number of carboxylic acid groups (broad SMARTS) is 1. The molecule has 1 aliphatic carbocycles. The van der Waals surface area contributed by atoms with Gasteiger partial charge in [0.2, 0.25) is 0 Å². The molecule has 0 spiro atoms. The maximum Gasteiger partial charge on any atom is 0.415 e. The minimum Gasteiger partial charge on any atom is -0.464 e. The maximum atomic E-state index is 10.8. The number of aromatic nitrogens is 2. The van der Waals surface area contributed by atoms with E-state index in [1.165, 1.54) is 6.20 Å². The van der Waals surface area contributed by atoms with Crippen molar-refractivity contribution in [1.29, 1.82) is 0 Å². The normalized spacial score (nSPS) is 17.4. The summed E-state index contributed by atoms with van der Waals surface area (Å²) in [6, 6.07) is 0. The molecule has 5 heteroatoms. The van der Waals surface area contributed by atoms with Crippen LogP contribution >= 0.6 is 0 Å². The van der Waals surface area contributed by atoms with Crippen LogP contribution in [-0.4, -0.2) is 26.3 Å². The molecule has 0 saturated carbocycles. The zero-order valence-electron chi connectivity index (χ0n) is 8.34. The number of rotatable bonds is 0. The first-order valence-corrected chi connectivity index (χ1v) is 4.89. The molecule has 0 radical (unpaired) electrons. The largest absolute Gasteiger partial charge is 0.464 e. The highest BCUT2D eigenvalue weighted by atomic mass is 16.4. The van der Waals surface area contributed by atoms with Crippen molar-refractivity contribution in [3.63, 3.8) is 0 Å². The van der Waals surface area contributed by atoms with Gasteiger partial charge in [0.25, 0.3) is 0 Å². The number of hydrogen-bond acceptors (Lipinski definition) is 2. The summed E-state index contributed by atoms with van der Waals surface area (Å²) in [5, 5.41) is 15.8. The summed E-state index contributed by atoms with van der Waals surface area (Å²) >= 11 is 0. The van der Waals surface area contributed by atoms with Crippen molar-refractivity contribution >= 4 is 12.2 Å². The molecule has 0 atom stereocenters. The molecule has 0 aromatic carbocycles. The van der Waals surface area contributed by atoms with E-state index >= 15 is 0 Å². The molecule has 16 heavy (non-hydrogen) atoms. The van der Waals surface area contributed by atoms with Gasteiger partial charge in [-0.3, -0.25) is 10.00 Å². The number of amides is 1. The average molecular weight is 215 g/mol. The first kappa shape index (κ1) is 8.96. The Balaban J connectivity index is 2.03. The Bertz CT molecular complexity index is 551. The predicted octanol–water partition coefficient (Wildman–Crippen LogP) is 1.74. The van der Waals surface area contributed by atoms with Crippen LogP contribution in [0.15, 0.2) is 35.8 Å². The summed E-state index contributed by atoms with van der Waals surface area (Å²) in [5.41, 5.74) is 4.05. The molecule has 0 unspecified atom stereocenters. The van der Waals surface area contributed by atoms with Gasteiger partial charge in [-0.05, 0) is 23.3 Å². The van der Waals surface area contributed by atoms with E-state index in [9.17, 15) is 4.79 Å². The monoisotopic (exact) mass is 215 g/mol. The Labute approximate surface area is 91.4 Å². The van der Waals surface area contributed by atoms with Crippen molar-refractivity contribution in [3.05, 3.63) is 47.1 Å². The van der Waals surface area contributed by atoms with Gasteiger partial charge >= 0.3 is 6.09 Å². The first-order chi connectivity index (χ1) is 7.74. The fourth-order valence-corrected chi connectivity index (χ4v) is 1.91. The standard InChI is InChI=1S/C11H9N3O2/c15-11(16)14-2-1-7-4-10-8(5-12-13-10)3-9(7)6-14/h1-2,4-6H,3H2,(H,12,13)(H,15,16). The quantitative estimate of drug-likeness (QED) is 0.692. The summed E-state index contributed by atoms with van der Waals surface area (Å²) in [5.74, 6) is 0. The van der Waals surface area contributed by atoms with Crippen LogP contribution in [0.5, 0.6) is 0 Å². The molecule has 1 aromatic rings. The highest BCUT2D eigenvalue weighted by molar-refractivity contribution is 5.73. The van der Waals surface area contributed by atoms with Gasteiger partial charge in [-0.25, -0.2) is 4.79 Å². The van der Waals surface area contributed by atoms with Gasteiger partial charge in [0, 0.05) is 30.6 Å². The van der Waals surface area contributed by atoms with E-state index in [-0.39, 0.29) is 0 Å². The number of nitrogens with zero attached hydrogens (tertiary/aromatic N) is 2. The highest BCUT2D eigenvalue weighted by Crippen LogP contribution is 2.30. The number of carbonyl (C=O) groups is 1. The van der Waals surface area contributed by atoms with Crippen LogP contribution in [0.4, 0.5) is 4.79 Å². The fourth-order valence-electron chi connectivity index (χ4n) is 1.91. The van der Waals surface area contributed by atoms with Gasteiger partial charge in [0.1, 0.15) is 0 Å². The lowest BCUT2D eigenvalue weighted by molar-refractivity contribution is 0.175. The van der Waals surface area contributed by atoms with Crippen LogP contribution in [-0.2, 0) is 6.42 Å². The average Bonchev–Trinajstić information content (AvgIpc) is 2.71. The van der Waals surface area contributed by atoms with Gasteiger partial charge in [-0.15, -0.1) is 0 Å². The van der Waals surface area contributed by atoms with E-state index in [1.807, 2.05) is 12.3 Å². The van der Waals surface area contributed by atoms with Crippen LogP contribution in [0, 0.1) is 0 Å². The molecule has 0 saturated heterocycles. The van der Waals surface area contributed by atoms with Crippen molar-refractivity contribution in [2.45, 2.75) is 6.42 Å². The Morgan fingerprint density at radius 2 is 2.44 bits per heavy atom. The van der Waals surface area contributed by atoms with Crippen molar-refractivity contribution in [2.75, 3.05) is 0 Å². The Morgan fingerprint density at radius 3 is 3.25 bits per heavy atom. The van der Waals surface area contributed by atoms with Gasteiger partial charge in [-0.1, -0.05) is 0 Å². The fraction of sp³-hybridized carbons (Fsp3) is 0.0909. The molecule has 0 fully saturated rings. The summed E-state index contributed by atoms with van der Waals surface area (Å²) in [6.45, 7) is 0. The van der Waals surface area contributed by atoms with E-state index in [0.717, 1.165) is 27.3 Å². The van der Waals surface area contributed by atoms with Crippen LogP contribution in [0.3, 0.4) is 0 Å². The Kier molecular flexibility index (Phi) is 1.73. The number of aromatic amines is 1. The second-order valence-electron chi connectivity index (χ2n) is 3.73. The zero-order chi connectivity index (χ0) is 11.1. The number of nitrogens with one attached hydrogen (secondary N) is 1. The van der Waals surface area contributed by atoms with Crippen LogP contribution in [0.2, 0.25) is 0 Å². The van der Waals surface area contributed by atoms with Crippen LogP contribution in [0.25, 0.3) is 6.08 Å². The van der Waals surface area contributed by atoms with Gasteiger partial charge in [0.15, 0.2) is 0 Å². The SMILES string of the molecule is O=C(O)N1C=CC2=Cc3n[nH]cc3CC2=C1. The van der Waals surface area contributed by atoms with E-state index < -0.39 is 6.09 Å². The molecule has 80 valence electrons. The molecule has 1 amide bonds. The second-order valence-corrected chi connectivity index (χ2v) is 3.73. The van der Waals surface area contributed by atoms with Crippen molar-refractivity contribution in [1.82, 2.24) is 15.1 Å². The molecule has 2 aliphatic rings. The molecule has 2 N–H and O–H groups in total. The number of fused-ring (bicyclic) bond motifs is 2. The third kappa shape index (κ3) is 1.25. The molecule has 5 nitrogen and oxygen atoms in total. The van der Waals surface area contributed by atoms with Crippen LogP contribution < -0.4 is 0 Å². The smallest absolute Gasteiger partial charge is 0.415 e. The molecule has 3 rings (SSSR count). The van der Waals surface area contributed by atoms with Crippen molar-refractivity contribution < 1.29 is 9.90 Å². The number of hydrogen-bond donors (Lipinski definition) is 2. The van der Waals surface area contributed by atoms with E-state index in [2.05, 4.69) is 10.2 Å². The van der Waals surface area contributed by atoms with E-state index in [4.69, 9.17) is 5.11 Å². The Hall–Kier alpha value is -2.30. The summed E-state index contributed by atoms with van der Waals surface area (Å²) in [4.78, 5) is 12.0. The molecule has 2 heterocycles. The third-order valence-corrected chi connectivity index (χ3v) is 2.73. The lowest BCUT2D eigenvalue weighted by atomic mass is 9.91. The topological polar surface area (TPSA) is 69.2 Å². The van der Waals surface area contributed by atoms with Crippen molar-refractivity contribution in [3.8, 4) is 0 Å². The maximum absolute atomic E-state index is 10.8. The summed E-state index contributed by atoms with van der Waals surface area (Å²) in [6.07, 6.45) is 8.51. The second kappa shape index (κ2) is 3.10. The number of allylic oxidation sites excluding steroid dienone is 3. The lowest BCUT2D eigenvalue weighted by Gasteiger charge is -2.21. The minimum atomic E-state index is -0.971. The zero-order valence-corrected chi connectivity index (χ0v) is 8.34. The van der Waals surface area contributed by atoms with E-state index in [1.54, 1.807) is 12.3 Å². The van der Waals surface area contributed by atoms with Crippen molar-refractivity contribution in [2.24, 2.45) is 0 Å². The molecule has 0 bridgehead atoms. The molecule has 1 aromatic heterocycles.